The number of nitrogens with one attached hydrogen (secondary N) is 1. The Labute approximate surface area is 104 Å². The van der Waals surface area contributed by atoms with Gasteiger partial charge in [0.05, 0.1) is 7.11 Å². The maximum atomic E-state index is 11.6. The summed E-state index contributed by atoms with van der Waals surface area (Å²) in [4.78, 5) is 15.5. The van der Waals surface area contributed by atoms with Gasteiger partial charge in [-0.2, -0.15) is 0 Å². The SMILES string of the molecule is COc1cc(CCC(=O)Nc2ccncc2)on1. The summed E-state index contributed by atoms with van der Waals surface area (Å²) in [6, 6.07) is 5.13. The number of amides is 1. The summed E-state index contributed by atoms with van der Waals surface area (Å²) in [5.74, 6) is 0.952. The molecule has 0 aliphatic carbocycles. The average Bonchev–Trinajstić information content (AvgIpc) is 2.85. The van der Waals surface area contributed by atoms with Gasteiger partial charge in [0.2, 0.25) is 5.91 Å². The fraction of sp³-hybridized carbons (Fsp3) is 0.250. The first-order chi connectivity index (χ1) is 8.78. The van der Waals surface area contributed by atoms with Gasteiger partial charge in [-0.1, -0.05) is 0 Å². The summed E-state index contributed by atoms with van der Waals surface area (Å²) in [7, 11) is 1.51. The minimum Gasteiger partial charge on any atom is -0.479 e. The maximum absolute atomic E-state index is 11.6. The third-order valence-corrected chi connectivity index (χ3v) is 2.31. The van der Waals surface area contributed by atoms with Crippen LogP contribution in [0.1, 0.15) is 12.2 Å². The molecule has 0 radical (unpaired) electrons. The van der Waals surface area contributed by atoms with Gasteiger partial charge in [-0.05, 0) is 17.3 Å². The van der Waals surface area contributed by atoms with Crippen LogP contribution >= 0.6 is 0 Å². The molecule has 0 bridgehead atoms. The van der Waals surface area contributed by atoms with Crippen LogP contribution in [0.4, 0.5) is 5.69 Å². The van der Waals surface area contributed by atoms with Crippen molar-refractivity contribution in [1.29, 1.82) is 0 Å². The molecule has 2 aromatic heterocycles. The monoisotopic (exact) mass is 247 g/mol. The fourth-order valence-corrected chi connectivity index (χ4v) is 1.40. The number of aromatic nitrogens is 2. The largest absolute Gasteiger partial charge is 0.479 e. The van der Waals surface area contributed by atoms with Crippen molar-refractivity contribution >= 4 is 11.6 Å². The lowest BCUT2D eigenvalue weighted by molar-refractivity contribution is -0.116. The topological polar surface area (TPSA) is 77.2 Å². The molecule has 1 amide bonds. The van der Waals surface area contributed by atoms with E-state index in [2.05, 4.69) is 15.5 Å². The summed E-state index contributed by atoms with van der Waals surface area (Å²) >= 11 is 0. The average molecular weight is 247 g/mol. The second-order valence-corrected chi connectivity index (χ2v) is 3.62. The molecule has 0 aliphatic heterocycles. The third-order valence-electron chi connectivity index (χ3n) is 2.31. The molecule has 6 nitrogen and oxygen atoms in total. The molecule has 1 N–H and O–H groups in total. The smallest absolute Gasteiger partial charge is 0.254 e. The predicted molar refractivity (Wildman–Crippen MR) is 64.2 cm³/mol. The van der Waals surface area contributed by atoms with Crippen molar-refractivity contribution in [3.05, 3.63) is 36.4 Å². The van der Waals surface area contributed by atoms with Gasteiger partial charge in [0, 0.05) is 37.0 Å². The fourth-order valence-electron chi connectivity index (χ4n) is 1.40. The molecule has 0 fully saturated rings. The van der Waals surface area contributed by atoms with Gasteiger partial charge < -0.3 is 14.6 Å². The molecule has 2 aromatic rings. The predicted octanol–water partition coefficient (Wildman–Crippen LogP) is 1.65. The number of aryl methyl sites for hydroxylation is 1. The molecule has 0 aromatic carbocycles. The number of methoxy groups -OCH3 is 1. The first-order valence-electron chi connectivity index (χ1n) is 5.47. The molecule has 0 saturated carbocycles. The van der Waals surface area contributed by atoms with E-state index < -0.39 is 0 Å². The highest BCUT2D eigenvalue weighted by Gasteiger charge is 2.07. The zero-order valence-electron chi connectivity index (χ0n) is 9.92. The maximum Gasteiger partial charge on any atom is 0.254 e. The number of pyridine rings is 1. The van der Waals surface area contributed by atoms with Crippen molar-refractivity contribution in [3.8, 4) is 5.88 Å². The van der Waals surface area contributed by atoms with Gasteiger partial charge in [0.15, 0.2) is 0 Å². The number of nitrogens with zero attached hydrogens (tertiary/aromatic N) is 2. The van der Waals surface area contributed by atoms with Crippen molar-refractivity contribution in [3.63, 3.8) is 0 Å². The van der Waals surface area contributed by atoms with Crippen LogP contribution in [0.15, 0.2) is 35.1 Å². The Bertz CT molecular complexity index is 510. The molecule has 18 heavy (non-hydrogen) atoms. The second-order valence-electron chi connectivity index (χ2n) is 3.62. The van der Waals surface area contributed by atoms with E-state index in [1.165, 1.54) is 7.11 Å². The molecule has 94 valence electrons. The minimum absolute atomic E-state index is 0.0865. The van der Waals surface area contributed by atoms with Crippen LogP contribution in [0.5, 0.6) is 5.88 Å². The molecule has 2 rings (SSSR count). The van der Waals surface area contributed by atoms with Gasteiger partial charge in [-0.25, -0.2) is 0 Å². The highest BCUT2D eigenvalue weighted by Crippen LogP contribution is 2.12. The van der Waals surface area contributed by atoms with Crippen LogP contribution in [0, 0.1) is 0 Å². The van der Waals surface area contributed by atoms with E-state index >= 15 is 0 Å². The van der Waals surface area contributed by atoms with Crippen molar-refractivity contribution in [2.75, 3.05) is 12.4 Å². The van der Waals surface area contributed by atoms with Gasteiger partial charge >= 0.3 is 0 Å². The van der Waals surface area contributed by atoms with E-state index in [4.69, 9.17) is 9.26 Å². The van der Waals surface area contributed by atoms with Crippen LogP contribution in [0.2, 0.25) is 0 Å². The number of anilines is 1. The van der Waals surface area contributed by atoms with Gasteiger partial charge in [-0.15, -0.1) is 0 Å². The van der Waals surface area contributed by atoms with Crippen molar-refractivity contribution in [1.82, 2.24) is 10.1 Å². The lowest BCUT2D eigenvalue weighted by atomic mass is 10.2. The third kappa shape index (κ3) is 3.31. The summed E-state index contributed by atoms with van der Waals surface area (Å²) in [5.41, 5.74) is 0.727. The molecule has 0 spiro atoms. The standard InChI is InChI=1S/C12H13N3O3/c1-17-12-8-10(18-15-12)2-3-11(16)14-9-4-6-13-7-5-9/h4-8H,2-3H2,1H3,(H,13,14,16). The summed E-state index contributed by atoms with van der Waals surface area (Å²) in [6.45, 7) is 0. The first-order valence-corrected chi connectivity index (χ1v) is 5.47. The zero-order chi connectivity index (χ0) is 12.8. The second kappa shape index (κ2) is 5.81. The molecule has 0 unspecified atom stereocenters. The van der Waals surface area contributed by atoms with E-state index in [1.54, 1.807) is 30.6 Å². The minimum atomic E-state index is -0.0865. The number of carbonyl (C=O) groups is 1. The van der Waals surface area contributed by atoms with Gasteiger partial charge in [-0.3, -0.25) is 9.78 Å². The molecule has 6 heteroatoms. The van der Waals surface area contributed by atoms with E-state index in [9.17, 15) is 4.79 Å². The normalized spacial score (nSPS) is 10.1. The first kappa shape index (κ1) is 12.1. The van der Waals surface area contributed by atoms with Crippen LogP contribution in [-0.2, 0) is 11.2 Å². The highest BCUT2D eigenvalue weighted by atomic mass is 16.5. The van der Waals surface area contributed by atoms with Crippen molar-refractivity contribution < 1.29 is 14.1 Å². The van der Waals surface area contributed by atoms with Crippen LogP contribution < -0.4 is 10.1 Å². The van der Waals surface area contributed by atoms with E-state index in [0.29, 0.717) is 24.5 Å². The summed E-state index contributed by atoms with van der Waals surface area (Å²) < 4.78 is 9.88. The molecule has 0 saturated heterocycles. The Balaban J connectivity index is 1.81. The molecule has 0 atom stereocenters. The van der Waals surface area contributed by atoms with Crippen molar-refractivity contribution in [2.24, 2.45) is 0 Å². The molecular formula is C12H13N3O3. The number of rotatable bonds is 5. The van der Waals surface area contributed by atoms with Crippen molar-refractivity contribution in [2.45, 2.75) is 12.8 Å². The number of carbonyl (C=O) groups excluding carboxylic acids is 1. The number of ether oxygens (including phenoxy) is 1. The number of hydrogen-bond acceptors (Lipinski definition) is 5. The highest BCUT2D eigenvalue weighted by molar-refractivity contribution is 5.90. The lowest BCUT2D eigenvalue weighted by Crippen LogP contribution is -2.12. The Morgan fingerprint density at radius 2 is 2.22 bits per heavy atom. The van der Waals surface area contributed by atoms with Crippen LogP contribution in [0.3, 0.4) is 0 Å². The quantitative estimate of drug-likeness (QED) is 0.869. The van der Waals surface area contributed by atoms with Crippen LogP contribution in [0.25, 0.3) is 0 Å². The van der Waals surface area contributed by atoms with Crippen LogP contribution in [-0.4, -0.2) is 23.2 Å². The summed E-state index contributed by atoms with van der Waals surface area (Å²) in [5, 5.41) is 6.42. The molecular weight excluding hydrogens is 234 g/mol. The Kier molecular flexibility index (Phi) is 3.90. The van der Waals surface area contributed by atoms with E-state index in [1.807, 2.05) is 0 Å². The molecule has 2 heterocycles. The lowest BCUT2D eigenvalue weighted by Gasteiger charge is -2.02. The molecule has 0 aliphatic rings. The zero-order valence-corrected chi connectivity index (χ0v) is 9.92. The number of hydrogen-bond donors (Lipinski definition) is 1. The Hall–Kier alpha value is -2.37. The van der Waals surface area contributed by atoms with Gasteiger partial charge in [0.1, 0.15) is 5.76 Å². The van der Waals surface area contributed by atoms with E-state index in [-0.39, 0.29) is 5.91 Å². The Morgan fingerprint density at radius 3 is 2.89 bits per heavy atom. The van der Waals surface area contributed by atoms with E-state index in [0.717, 1.165) is 5.69 Å². The Morgan fingerprint density at radius 1 is 1.44 bits per heavy atom. The van der Waals surface area contributed by atoms with Gasteiger partial charge in [0.25, 0.3) is 5.88 Å². The summed E-state index contributed by atoms with van der Waals surface area (Å²) in [6.07, 6.45) is 4.04.